The van der Waals surface area contributed by atoms with E-state index in [0.717, 1.165) is 16.7 Å². The number of aryl methyl sites for hydroxylation is 1. The van der Waals surface area contributed by atoms with E-state index in [2.05, 4.69) is 4.90 Å². The predicted octanol–water partition coefficient (Wildman–Crippen LogP) is -1.33. The molecule has 0 amide bonds. The van der Waals surface area contributed by atoms with Crippen LogP contribution in [0.15, 0.2) is 48.5 Å². The molecule has 0 unspecified atom stereocenters. The van der Waals surface area contributed by atoms with Crippen molar-refractivity contribution in [2.24, 2.45) is 0 Å². The van der Waals surface area contributed by atoms with E-state index in [1.807, 2.05) is 42.5 Å². The molecule has 1 aliphatic heterocycles. The molecule has 0 N–H and O–H groups in total. The minimum atomic E-state index is -3.35. The maximum atomic E-state index is 12.7. The van der Waals surface area contributed by atoms with Crippen LogP contribution in [0.5, 0.6) is 0 Å². The molecule has 0 saturated carbocycles. The Labute approximate surface area is 205 Å². The Hall–Kier alpha value is -0.930. The summed E-state index contributed by atoms with van der Waals surface area (Å²) in [6.07, 6.45) is 0.348. The molecule has 0 aromatic heterocycles. The van der Waals surface area contributed by atoms with Crippen LogP contribution < -0.4 is 34.7 Å². The van der Waals surface area contributed by atoms with Crippen molar-refractivity contribution in [3.05, 3.63) is 70.2 Å². The zero-order valence-electron chi connectivity index (χ0n) is 17.1. The van der Waals surface area contributed by atoms with E-state index in [1.165, 1.54) is 0 Å². The van der Waals surface area contributed by atoms with Gasteiger partial charge in [-0.05, 0) is 41.7 Å². The van der Waals surface area contributed by atoms with Crippen molar-refractivity contribution in [2.45, 2.75) is 25.1 Å². The maximum absolute atomic E-state index is 12.7. The Balaban J connectivity index is 0.00000320. The molecule has 1 heterocycles. The van der Waals surface area contributed by atoms with Crippen molar-refractivity contribution in [2.75, 3.05) is 26.2 Å². The van der Waals surface area contributed by atoms with E-state index in [9.17, 15) is 18.3 Å². The molecule has 1 saturated heterocycles. The van der Waals surface area contributed by atoms with E-state index in [-0.39, 0.29) is 41.7 Å². The second-order valence-corrected chi connectivity index (χ2v) is 9.61. The van der Waals surface area contributed by atoms with Gasteiger partial charge in [0.05, 0.1) is 5.75 Å². The molecule has 1 fully saturated rings. The summed E-state index contributed by atoms with van der Waals surface area (Å²) in [5, 5.41) is 11.4. The molecule has 9 heteroatoms. The Morgan fingerprint density at radius 3 is 2.30 bits per heavy atom. The molecule has 156 valence electrons. The summed E-state index contributed by atoms with van der Waals surface area (Å²) in [5.74, 6) is -1.07. The first-order chi connectivity index (χ1) is 13.8. The molecule has 3 rings (SSSR count). The van der Waals surface area contributed by atoms with Crippen LogP contribution in [0.1, 0.15) is 23.1 Å². The number of sulfonamides is 1. The summed E-state index contributed by atoms with van der Waals surface area (Å²) in [4.78, 5) is 13.0. The number of carboxylic acids is 1. The quantitative estimate of drug-likeness (QED) is 0.458. The van der Waals surface area contributed by atoms with Gasteiger partial charge >= 0.3 is 29.6 Å². The van der Waals surface area contributed by atoms with Crippen molar-refractivity contribution in [1.82, 2.24) is 9.21 Å². The Bertz CT molecular complexity index is 949. The number of aliphatic carboxylic acids is 1. The van der Waals surface area contributed by atoms with Crippen LogP contribution in [0.2, 0.25) is 5.02 Å². The average Bonchev–Trinajstić information content (AvgIpc) is 2.68. The van der Waals surface area contributed by atoms with Crippen LogP contribution in [0.4, 0.5) is 0 Å². The Morgan fingerprint density at radius 1 is 1.00 bits per heavy atom. The summed E-state index contributed by atoms with van der Waals surface area (Å²) in [5.41, 5.74) is 2.68. The fraction of sp³-hybridized carbons (Fsp3) is 0.381. The van der Waals surface area contributed by atoms with Gasteiger partial charge in [-0.3, -0.25) is 4.90 Å². The van der Waals surface area contributed by atoms with Gasteiger partial charge in [-0.25, -0.2) is 8.42 Å². The number of nitrogens with zero attached hydrogens (tertiary/aromatic N) is 2. The molecule has 2 aromatic rings. The largest absolute Gasteiger partial charge is 1.00 e. The van der Waals surface area contributed by atoms with Gasteiger partial charge in [0, 0.05) is 43.7 Å². The van der Waals surface area contributed by atoms with Crippen LogP contribution in [0, 0.1) is 0 Å². The first-order valence-electron chi connectivity index (χ1n) is 9.55. The van der Waals surface area contributed by atoms with E-state index < -0.39 is 16.0 Å². The van der Waals surface area contributed by atoms with Crippen molar-refractivity contribution in [3.8, 4) is 0 Å². The second kappa shape index (κ2) is 11.6. The smallest absolute Gasteiger partial charge is 0.550 e. The molecule has 30 heavy (non-hydrogen) atoms. The third-order valence-electron chi connectivity index (χ3n) is 5.08. The second-order valence-electron chi connectivity index (χ2n) is 7.20. The van der Waals surface area contributed by atoms with Crippen LogP contribution in [0.25, 0.3) is 0 Å². The topological polar surface area (TPSA) is 80.8 Å². The maximum Gasteiger partial charge on any atom is 1.00 e. The van der Waals surface area contributed by atoms with Gasteiger partial charge in [-0.15, -0.1) is 0 Å². The fourth-order valence-electron chi connectivity index (χ4n) is 3.51. The van der Waals surface area contributed by atoms with E-state index >= 15 is 0 Å². The molecule has 0 spiro atoms. The molecule has 0 atom stereocenters. The molecule has 0 bridgehead atoms. The number of carboxylic acid groups (broad SMARTS) is 1. The average molecular weight is 459 g/mol. The normalized spacial score (nSPS) is 15.5. The van der Waals surface area contributed by atoms with Gasteiger partial charge in [0.1, 0.15) is 0 Å². The molecule has 1 aliphatic rings. The fourth-order valence-corrected chi connectivity index (χ4v) is 5.22. The predicted molar refractivity (Wildman–Crippen MR) is 111 cm³/mol. The van der Waals surface area contributed by atoms with Crippen molar-refractivity contribution in [3.63, 3.8) is 0 Å². The van der Waals surface area contributed by atoms with Gasteiger partial charge in [-0.2, -0.15) is 4.31 Å². The first-order valence-corrected chi connectivity index (χ1v) is 11.5. The number of hydrogen-bond donors (Lipinski definition) is 0. The van der Waals surface area contributed by atoms with Crippen LogP contribution >= 0.6 is 11.6 Å². The summed E-state index contributed by atoms with van der Waals surface area (Å²) < 4.78 is 26.9. The number of benzene rings is 2. The molecule has 0 radical (unpaired) electrons. The number of carbonyl (C=O) groups excluding carboxylic acids is 1. The van der Waals surface area contributed by atoms with E-state index in [4.69, 9.17) is 11.6 Å². The van der Waals surface area contributed by atoms with Crippen LogP contribution in [-0.2, 0) is 33.5 Å². The van der Waals surface area contributed by atoms with Gasteiger partial charge in [0.15, 0.2) is 0 Å². The molecule has 6 nitrogen and oxygen atoms in total. The van der Waals surface area contributed by atoms with Crippen molar-refractivity contribution < 1.29 is 47.9 Å². The summed E-state index contributed by atoms with van der Waals surface area (Å²) in [7, 11) is -3.35. The summed E-state index contributed by atoms with van der Waals surface area (Å²) >= 11 is 6.12. The van der Waals surface area contributed by atoms with Crippen LogP contribution in [-0.4, -0.2) is 49.8 Å². The van der Waals surface area contributed by atoms with Gasteiger partial charge in [0.25, 0.3) is 0 Å². The standard InChI is InChI=1S/C21H25ClN2O4S.Na/c22-20-8-6-18(7-9-21(25)26)19(14-20)15-23-10-12-24(13-11-23)29(27,28)16-17-4-2-1-3-5-17;/h1-6,8,14H,7,9-13,15-16H2,(H,25,26);/q;+1/p-1. The molecular weight excluding hydrogens is 435 g/mol. The monoisotopic (exact) mass is 458 g/mol. The SMILES string of the molecule is O=C([O-])CCc1ccc(Cl)cc1CN1CCN(S(=O)(=O)Cc2ccccc2)CC1.[Na+]. The first kappa shape index (κ1) is 25.3. The van der Waals surface area contributed by atoms with Crippen molar-refractivity contribution >= 4 is 27.6 Å². The number of hydrogen-bond acceptors (Lipinski definition) is 5. The van der Waals surface area contributed by atoms with Crippen LogP contribution in [0.3, 0.4) is 0 Å². The minimum Gasteiger partial charge on any atom is -0.550 e. The Kier molecular flexibility index (Phi) is 9.81. The van der Waals surface area contributed by atoms with E-state index in [0.29, 0.717) is 44.2 Å². The summed E-state index contributed by atoms with van der Waals surface area (Å²) in [6, 6.07) is 14.6. The molecular formula is C21H24ClN2NaO4S. The molecule has 2 aromatic carbocycles. The third kappa shape index (κ3) is 7.34. The van der Waals surface area contributed by atoms with Crippen molar-refractivity contribution in [1.29, 1.82) is 0 Å². The van der Waals surface area contributed by atoms with Gasteiger partial charge < -0.3 is 9.90 Å². The number of rotatable bonds is 8. The minimum absolute atomic E-state index is 0. The third-order valence-corrected chi connectivity index (χ3v) is 7.16. The van der Waals surface area contributed by atoms with E-state index in [1.54, 1.807) is 10.4 Å². The number of piperazine rings is 1. The summed E-state index contributed by atoms with van der Waals surface area (Å²) in [6.45, 7) is 2.70. The number of halogens is 1. The zero-order chi connectivity index (χ0) is 20.9. The number of carbonyl (C=O) groups is 1. The zero-order valence-corrected chi connectivity index (χ0v) is 20.7. The molecule has 0 aliphatic carbocycles. The Morgan fingerprint density at radius 2 is 1.67 bits per heavy atom. The van der Waals surface area contributed by atoms with Gasteiger partial charge in [-0.1, -0.05) is 48.0 Å². The van der Waals surface area contributed by atoms with Gasteiger partial charge in [0.2, 0.25) is 10.0 Å².